The monoisotopic (exact) mass is 384 g/mol. The molecule has 4 aromatic rings. The number of aryl methyl sites for hydroxylation is 1. The van der Waals surface area contributed by atoms with Crippen LogP contribution in [0.15, 0.2) is 71.1 Å². The van der Waals surface area contributed by atoms with Crippen molar-refractivity contribution in [2.75, 3.05) is 5.32 Å². The number of rotatable bonds is 5. The molecule has 0 bridgehead atoms. The highest BCUT2D eigenvalue weighted by molar-refractivity contribution is 6.04. The van der Waals surface area contributed by atoms with Crippen LogP contribution in [0.25, 0.3) is 22.6 Å². The lowest BCUT2D eigenvalue weighted by molar-refractivity contribution is 0.102. The first-order valence-corrected chi connectivity index (χ1v) is 9.92. The molecule has 4 rings (SSSR count). The van der Waals surface area contributed by atoms with Gasteiger partial charge in [-0.05, 0) is 67.3 Å². The molecule has 0 aliphatic rings. The molecule has 1 atom stereocenters. The van der Waals surface area contributed by atoms with E-state index < -0.39 is 0 Å². The van der Waals surface area contributed by atoms with E-state index in [4.69, 9.17) is 4.42 Å². The van der Waals surface area contributed by atoms with Crippen LogP contribution in [0.5, 0.6) is 0 Å². The number of fused-ring (bicyclic) bond motifs is 1. The number of aromatic nitrogens is 1. The highest BCUT2D eigenvalue weighted by Gasteiger charge is 2.12. The normalized spacial score (nSPS) is 12.1. The van der Waals surface area contributed by atoms with E-state index in [1.54, 1.807) is 0 Å². The Balaban J connectivity index is 1.60. The van der Waals surface area contributed by atoms with E-state index >= 15 is 0 Å². The minimum absolute atomic E-state index is 0.137. The molecule has 29 heavy (non-hydrogen) atoms. The molecule has 0 aliphatic heterocycles. The Kier molecular flexibility index (Phi) is 5.17. The number of amides is 1. The third kappa shape index (κ3) is 4.06. The van der Waals surface area contributed by atoms with E-state index in [9.17, 15) is 4.79 Å². The Labute approximate surface area is 170 Å². The second-order valence-corrected chi connectivity index (χ2v) is 7.46. The van der Waals surface area contributed by atoms with Gasteiger partial charge < -0.3 is 9.73 Å². The molecule has 0 saturated heterocycles. The average Bonchev–Trinajstić information content (AvgIpc) is 3.17. The number of oxazole rings is 1. The van der Waals surface area contributed by atoms with Gasteiger partial charge in [-0.1, -0.05) is 43.7 Å². The van der Waals surface area contributed by atoms with Crippen molar-refractivity contribution >= 4 is 22.7 Å². The van der Waals surface area contributed by atoms with Gasteiger partial charge in [-0.2, -0.15) is 0 Å². The predicted octanol–water partition coefficient (Wildman–Crippen LogP) is 6.57. The van der Waals surface area contributed by atoms with Gasteiger partial charge in [0.2, 0.25) is 5.89 Å². The average molecular weight is 384 g/mol. The molecule has 3 aromatic carbocycles. The van der Waals surface area contributed by atoms with Crippen LogP contribution in [0.3, 0.4) is 0 Å². The van der Waals surface area contributed by atoms with E-state index in [2.05, 4.69) is 36.3 Å². The van der Waals surface area contributed by atoms with E-state index in [1.807, 2.05) is 61.5 Å². The molecule has 1 aromatic heterocycles. The molecule has 0 radical (unpaired) electrons. The first-order valence-electron chi connectivity index (χ1n) is 9.92. The molecule has 0 fully saturated rings. The predicted molar refractivity (Wildman–Crippen MR) is 117 cm³/mol. The fraction of sp³-hybridized carbons (Fsp3) is 0.200. The fourth-order valence-corrected chi connectivity index (χ4v) is 3.33. The van der Waals surface area contributed by atoms with E-state index in [0.717, 1.165) is 28.6 Å². The molecule has 1 amide bonds. The molecule has 1 heterocycles. The minimum atomic E-state index is -0.137. The van der Waals surface area contributed by atoms with Crippen molar-refractivity contribution in [2.24, 2.45) is 0 Å². The number of carbonyl (C=O) groups is 1. The summed E-state index contributed by atoms with van der Waals surface area (Å²) in [5.41, 5.74) is 6.10. The zero-order valence-electron chi connectivity index (χ0n) is 16.9. The van der Waals surface area contributed by atoms with Crippen LogP contribution in [-0.4, -0.2) is 10.9 Å². The molecule has 0 saturated carbocycles. The summed E-state index contributed by atoms with van der Waals surface area (Å²) in [6, 6.07) is 21.3. The van der Waals surface area contributed by atoms with Crippen LogP contribution in [0.1, 0.15) is 47.7 Å². The summed E-state index contributed by atoms with van der Waals surface area (Å²) in [5.74, 6) is 0.897. The highest BCUT2D eigenvalue weighted by Crippen LogP contribution is 2.29. The molecular formula is C25H24N2O2. The van der Waals surface area contributed by atoms with E-state index in [0.29, 0.717) is 23.1 Å². The van der Waals surface area contributed by atoms with Crippen molar-refractivity contribution in [2.45, 2.75) is 33.1 Å². The van der Waals surface area contributed by atoms with Gasteiger partial charge in [-0.15, -0.1) is 0 Å². The Morgan fingerprint density at radius 2 is 1.90 bits per heavy atom. The molecule has 0 aliphatic carbocycles. The number of nitrogens with one attached hydrogen (secondary N) is 1. The van der Waals surface area contributed by atoms with Gasteiger partial charge in [0.05, 0.1) is 0 Å². The van der Waals surface area contributed by atoms with Crippen LogP contribution in [0, 0.1) is 6.92 Å². The summed E-state index contributed by atoms with van der Waals surface area (Å²) in [6.45, 7) is 6.36. The molecule has 0 spiro atoms. The van der Waals surface area contributed by atoms with Crippen molar-refractivity contribution in [1.82, 2.24) is 4.98 Å². The summed E-state index contributed by atoms with van der Waals surface area (Å²) < 4.78 is 5.96. The third-order valence-electron chi connectivity index (χ3n) is 5.24. The largest absolute Gasteiger partial charge is 0.436 e. The van der Waals surface area contributed by atoms with Crippen molar-refractivity contribution in [3.05, 3.63) is 83.4 Å². The SMILES string of the molecule is CC[C@@H](C)c1ccc2oc(-c3cccc(NC(=O)c4cccc(C)c4)c3)nc2c1. The van der Waals surface area contributed by atoms with Gasteiger partial charge >= 0.3 is 0 Å². The minimum Gasteiger partial charge on any atom is -0.436 e. The van der Waals surface area contributed by atoms with E-state index in [-0.39, 0.29) is 5.91 Å². The standard InChI is InChI=1S/C25H24N2O2/c1-4-17(3)18-11-12-23-22(15-18)27-25(29-23)20-9-6-10-21(14-20)26-24(28)19-8-5-7-16(2)13-19/h5-15,17H,4H2,1-3H3,(H,26,28)/t17-/m1/s1. The molecular weight excluding hydrogens is 360 g/mol. The molecule has 4 nitrogen and oxygen atoms in total. The van der Waals surface area contributed by atoms with Gasteiger partial charge in [-0.25, -0.2) is 4.98 Å². The van der Waals surface area contributed by atoms with Gasteiger partial charge in [0.15, 0.2) is 5.58 Å². The van der Waals surface area contributed by atoms with Crippen LogP contribution >= 0.6 is 0 Å². The third-order valence-corrected chi connectivity index (χ3v) is 5.24. The summed E-state index contributed by atoms with van der Waals surface area (Å²) >= 11 is 0. The first kappa shape index (κ1) is 18.9. The Bertz CT molecular complexity index is 1180. The number of benzene rings is 3. The number of anilines is 1. The number of carbonyl (C=O) groups excluding carboxylic acids is 1. The zero-order chi connectivity index (χ0) is 20.4. The smallest absolute Gasteiger partial charge is 0.255 e. The second-order valence-electron chi connectivity index (χ2n) is 7.46. The number of nitrogens with zero attached hydrogens (tertiary/aromatic N) is 1. The van der Waals surface area contributed by atoms with Gasteiger partial charge in [-0.3, -0.25) is 4.79 Å². The highest BCUT2D eigenvalue weighted by atomic mass is 16.3. The maximum Gasteiger partial charge on any atom is 0.255 e. The van der Waals surface area contributed by atoms with Crippen molar-refractivity contribution < 1.29 is 9.21 Å². The Morgan fingerprint density at radius 1 is 1.07 bits per heavy atom. The number of hydrogen-bond acceptors (Lipinski definition) is 3. The maximum atomic E-state index is 12.5. The van der Waals surface area contributed by atoms with Crippen LogP contribution < -0.4 is 5.32 Å². The summed E-state index contributed by atoms with van der Waals surface area (Å²) in [4.78, 5) is 17.2. The number of hydrogen-bond donors (Lipinski definition) is 1. The van der Waals surface area contributed by atoms with Crippen molar-refractivity contribution in [1.29, 1.82) is 0 Å². The lowest BCUT2D eigenvalue weighted by Crippen LogP contribution is -2.11. The van der Waals surface area contributed by atoms with Gasteiger partial charge in [0.1, 0.15) is 5.52 Å². The lowest BCUT2D eigenvalue weighted by atomic mass is 9.98. The summed E-state index contributed by atoms with van der Waals surface area (Å²) in [7, 11) is 0. The molecule has 146 valence electrons. The Hall–Kier alpha value is -3.40. The van der Waals surface area contributed by atoms with Gasteiger partial charge in [0.25, 0.3) is 5.91 Å². The van der Waals surface area contributed by atoms with Crippen molar-refractivity contribution in [3.63, 3.8) is 0 Å². The summed E-state index contributed by atoms with van der Waals surface area (Å²) in [5, 5.41) is 2.95. The molecule has 0 unspecified atom stereocenters. The van der Waals surface area contributed by atoms with Crippen molar-refractivity contribution in [3.8, 4) is 11.5 Å². The molecule has 4 heteroatoms. The molecule has 1 N–H and O–H groups in total. The lowest BCUT2D eigenvalue weighted by Gasteiger charge is -2.07. The van der Waals surface area contributed by atoms with Crippen LogP contribution in [0.4, 0.5) is 5.69 Å². The Morgan fingerprint density at radius 3 is 2.69 bits per heavy atom. The van der Waals surface area contributed by atoms with E-state index in [1.165, 1.54) is 5.56 Å². The topological polar surface area (TPSA) is 55.1 Å². The maximum absolute atomic E-state index is 12.5. The van der Waals surface area contributed by atoms with Crippen LogP contribution in [-0.2, 0) is 0 Å². The summed E-state index contributed by atoms with van der Waals surface area (Å²) in [6.07, 6.45) is 1.08. The first-order chi connectivity index (χ1) is 14.0. The van der Waals surface area contributed by atoms with Crippen LogP contribution in [0.2, 0.25) is 0 Å². The van der Waals surface area contributed by atoms with Gasteiger partial charge in [0, 0.05) is 16.8 Å². The zero-order valence-corrected chi connectivity index (χ0v) is 16.9. The second kappa shape index (κ2) is 7.92. The fourth-order valence-electron chi connectivity index (χ4n) is 3.33. The quantitative estimate of drug-likeness (QED) is 0.423.